The zero-order valence-corrected chi connectivity index (χ0v) is 20.0. The molecule has 178 valence electrons. The van der Waals surface area contributed by atoms with Gasteiger partial charge < -0.3 is 19.6 Å². The van der Waals surface area contributed by atoms with E-state index in [1.165, 1.54) is 0 Å². The van der Waals surface area contributed by atoms with Crippen molar-refractivity contribution in [1.82, 2.24) is 0 Å². The van der Waals surface area contributed by atoms with Gasteiger partial charge in [-0.05, 0) is 12.8 Å². The number of rotatable bonds is 18. The Hall–Kier alpha value is -0.670. The molecule has 0 saturated carbocycles. The number of likely N-dealkylation sites (N-methyl/N-ethyl adjacent to an activating group) is 1. The van der Waals surface area contributed by atoms with E-state index in [4.69, 9.17) is 9.05 Å². The second kappa shape index (κ2) is 13.7. The molecular weight excluding hydrogens is 413 g/mol. The fraction of sp³-hybridized carbons (Fsp3) is 0.900. The Morgan fingerprint density at radius 2 is 1.43 bits per heavy atom. The zero-order chi connectivity index (χ0) is 23.4. The van der Waals surface area contributed by atoms with Crippen LogP contribution in [0.4, 0.5) is 0 Å². The summed E-state index contributed by atoms with van der Waals surface area (Å²) in [5, 5.41) is 21.3. The highest BCUT2D eigenvalue weighted by molar-refractivity contribution is 7.47. The van der Waals surface area contributed by atoms with E-state index in [1.807, 2.05) is 35.0 Å². The first kappa shape index (κ1) is 29.3. The lowest BCUT2D eigenvalue weighted by atomic mass is 9.83. The van der Waals surface area contributed by atoms with Gasteiger partial charge in [-0.3, -0.25) is 18.6 Å². The van der Waals surface area contributed by atoms with Gasteiger partial charge >= 0.3 is 7.82 Å². The lowest BCUT2D eigenvalue weighted by Crippen LogP contribution is -2.57. The lowest BCUT2D eigenvalue weighted by Gasteiger charge is -2.30. The van der Waals surface area contributed by atoms with Crippen LogP contribution in [-0.2, 0) is 23.2 Å². The number of carbonyl (C=O) groups is 2. The van der Waals surface area contributed by atoms with Crippen LogP contribution < -0.4 is 0 Å². The average Bonchev–Trinajstić information content (AvgIpc) is 2.64. The summed E-state index contributed by atoms with van der Waals surface area (Å²) >= 11 is 0. The zero-order valence-electron chi connectivity index (χ0n) is 19.1. The predicted molar refractivity (Wildman–Crippen MR) is 114 cm³/mol. The van der Waals surface area contributed by atoms with E-state index in [0.717, 1.165) is 25.7 Å². The molecule has 0 aliphatic carbocycles. The van der Waals surface area contributed by atoms with E-state index in [9.17, 15) is 29.3 Å². The van der Waals surface area contributed by atoms with Crippen molar-refractivity contribution in [3.05, 3.63) is 0 Å². The van der Waals surface area contributed by atoms with Crippen LogP contribution in [0, 0.1) is 0 Å². The number of ketones is 2. The number of nitrogens with zero attached hydrogens (tertiary/aromatic N) is 1. The smallest absolute Gasteiger partial charge is 0.387 e. The molecule has 0 spiro atoms. The Labute approximate surface area is 180 Å². The lowest BCUT2D eigenvalue weighted by molar-refractivity contribution is -0.870. The number of unbranched alkanes of at least 4 members (excludes halogenated alkanes) is 4. The Balaban J connectivity index is 5.13. The van der Waals surface area contributed by atoms with E-state index in [-0.39, 0.29) is 19.4 Å². The van der Waals surface area contributed by atoms with Gasteiger partial charge in [0, 0.05) is 12.8 Å². The number of aliphatic hydroxyl groups is 2. The van der Waals surface area contributed by atoms with Crippen LogP contribution >= 0.6 is 7.82 Å². The quantitative estimate of drug-likeness (QED) is 0.124. The minimum atomic E-state index is -4.52. The molecule has 0 aromatic carbocycles. The van der Waals surface area contributed by atoms with Gasteiger partial charge in [-0.25, -0.2) is 4.57 Å². The molecule has 0 radical (unpaired) electrons. The number of aliphatic hydroxyl groups excluding tert-OH is 1. The van der Waals surface area contributed by atoms with E-state index in [0.29, 0.717) is 23.9 Å². The normalized spacial score (nSPS) is 15.6. The van der Waals surface area contributed by atoms with Gasteiger partial charge in [0.1, 0.15) is 19.3 Å². The summed E-state index contributed by atoms with van der Waals surface area (Å²) in [6.07, 6.45) is 2.01. The van der Waals surface area contributed by atoms with Crippen molar-refractivity contribution in [3.8, 4) is 0 Å². The minimum absolute atomic E-state index is 0.0659. The third-order valence-corrected chi connectivity index (χ3v) is 5.74. The third-order valence-electron chi connectivity index (χ3n) is 4.76. The van der Waals surface area contributed by atoms with Crippen molar-refractivity contribution in [3.63, 3.8) is 0 Å². The van der Waals surface area contributed by atoms with Crippen LogP contribution in [0.1, 0.15) is 65.2 Å². The van der Waals surface area contributed by atoms with Gasteiger partial charge in [-0.15, -0.1) is 0 Å². The number of carbonyl (C=O) groups excluding carboxylic acids is 2. The first-order valence-electron chi connectivity index (χ1n) is 10.7. The van der Waals surface area contributed by atoms with Crippen LogP contribution in [0.5, 0.6) is 0 Å². The molecule has 0 heterocycles. The molecule has 0 aliphatic rings. The Kier molecular flexibility index (Phi) is 13.4. The van der Waals surface area contributed by atoms with Gasteiger partial charge in [-0.1, -0.05) is 39.5 Å². The van der Waals surface area contributed by atoms with Crippen molar-refractivity contribution in [1.29, 1.82) is 0 Å². The molecule has 0 aliphatic heterocycles. The molecule has 9 nitrogen and oxygen atoms in total. The molecule has 2 atom stereocenters. The van der Waals surface area contributed by atoms with Crippen molar-refractivity contribution < 1.29 is 42.8 Å². The SMILES string of the molecule is CCCCCC(=O)C(O)(C(=O)CCCCC)[C@@H](O)COP(=O)(O)OCC[N+](C)(C)C. The number of phosphoric acid groups is 1. The number of phosphoric ester groups is 1. The number of Topliss-reactive ketones (excluding diaryl/α,β-unsaturated/α-hetero) is 2. The van der Waals surface area contributed by atoms with Crippen LogP contribution in [0.2, 0.25) is 0 Å². The molecule has 0 amide bonds. The van der Waals surface area contributed by atoms with E-state index >= 15 is 0 Å². The highest BCUT2D eigenvalue weighted by Crippen LogP contribution is 2.43. The highest BCUT2D eigenvalue weighted by atomic mass is 31.2. The van der Waals surface area contributed by atoms with Gasteiger partial charge in [0.2, 0.25) is 5.60 Å². The van der Waals surface area contributed by atoms with Crippen LogP contribution in [-0.4, -0.2) is 83.8 Å². The molecule has 0 rings (SSSR count). The molecule has 0 bridgehead atoms. The van der Waals surface area contributed by atoms with Crippen LogP contribution in [0.25, 0.3) is 0 Å². The highest BCUT2D eigenvalue weighted by Gasteiger charge is 2.49. The maximum Gasteiger partial charge on any atom is 0.472 e. The summed E-state index contributed by atoms with van der Waals surface area (Å²) in [5.41, 5.74) is -2.66. The Morgan fingerprint density at radius 1 is 0.967 bits per heavy atom. The van der Waals surface area contributed by atoms with Gasteiger partial charge in [0.15, 0.2) is 11.6 Å². The Morgan fingerprint density at radius 3 is 1.83 bits per heavy atom. The summed E-state index contributed by atoms with van der Waals surface area (Å²) in [6, 6.07) is 0. The fourth-order valence-electron chi connectivity index (χ4n) is 2.73. The summed E-state index contributed by atoms with van der Waals surface area (Å²) in [5.74, 6) is -1.60. The van der Waals surface area contributed by atoms with Crippen molar-refractivity contribution >= 4 is 19.4 Å². The molecule has 0 aromatic rings. The van der Waals surface area contributed by atoms with E-state index in [2.05, 4.69) is 0 Å². The summed E-state index contributed by atoms with van der Waals surface area (Å²) in [7, 11) is 1.12. The average molecular weight is 455 g/mol. The van der Waals surface area contributed by atoms with Gasteiger partial charge in [0.25, 0.3) is 0 Å². The maximum absolute atomic E-state index is 12.6. The molecule has 0 fully saturated rings. The topological polar surface area (TPSA) is 130 Å². The predicted octanol–water partition coefficient (Wildman–Crippen LogP) is 2.22. The largest absolute Gasteiger partial charge is 0.472 e. The fourth-order valence-corrected chi connectivity index (χ4v) is 3.45. The van der Waals surface area contributed by atoms with Crippen molar-refractivity contribution in [2.75, 3.05) is 40.9 Å². The van der Waals surface area contributed by atoms with E-state index < -0.39 is 37.7 Å². The number of hydrogen-bond acceptors (Lipinski definition) is 7. The first-order valence-corrected chi connectivity index (χ1v) is 12.2. The molecule has 3 N–H and O–H groups in total. The Bertz CT molecular complexity index is 554. The summed E-state index contributed by atoms with van der Waals surface area (Å²) < 4.78 is 22.2. The van der Waals surface area contributed by atoms with Crippen molar-refractivity contribution in [2.24, 2.45) is 0 Å². The standard InChI is InChI=1S/C20H40NO8P/c1-6-8-10-12-17(22)20(25,18(23)13-11-9-7-2)19(24)16-29-30(26,27)28-15-14-21(3,4)5/h19,24-25H,6-16H2,1-5H3/p+1/t19-/m0/s1. The van der Waals surface area contributed by atoms with Crippen LogP contribution in [0.15, 0.2) is 0 Å². The summed E-state index contributed by atoms with van der Waals surface area (Å²) in [6.45, 7) is 3.39. The van der Waals surface area contributed by atoms with Crippen LogP contribution in [0.3, 0.4) is 0 Å². The monoisotopic (exact) mass is 454 g/mol. The summed E-state index contributed by atoms with van der Waals surface area (Å²) in [4.78, 5) is 35.0. The molecule has 0 saturated heterocycles. The first-order chi connectivity index (χ1) is 13.8. The van der Waals surface area contributed by atoms with Gasteiger partial charge in [0.05, 0.1) is 27.7 Å². The molecule has 1 unspecified atom stereocenters. The minimum Gasteiger partial charge on any atom is -0.387 e. The van der Waals surface area contributed by atoms with Gasteiger partial charge in [-0.2, -0.15) is 0 Å². The van der Waals surface area contributed by atoms with Crippen molar-refractivity contribution in [2.45, 2.75) is 76.9 Å². The molecule has 10 heteroatoms. The molecule has 30 heavy (non-hydrogen) atoms. The maximum atomic E-state index is 12.6. The van der Waals surface area contributed by atoms with E-state index in [1.54, 1.807) is 0 Å². The third kappa shape index (κ3) is 11.1. The number of hydrogen-bond donors (Lipinski definition) is 3. The second-order valence-corrected chi connectivity index (χ2v) is 10.1. The number of quaternary nitrogens is 1. The molecular formula is C20H41NO8P+. The second-order valence-electron chi connectivity index (χ2n) is 8.65. The molecule has 0 aromatic heterocycles.